The topological polar surface area (TPSA) is 68.2 Å². The third-order valence-electron chi connectivity index (χ3n) is 2.99. The maximum absolute atomic E-state index is 6.16. The first-order chi connectivity index (χ1) is 10.1. The molecule has 0 amide bonds. The van der Waals surface area contributed by atoms with Crippen molar-refractivity contribution in [1.82, 2.24) is 14.9 Å². The zero-order valence-corrected chi connectivity index (χ0v) is 15.9. The highest BCUT2D eigenvalue weighted by molar-refractivity contribution is 14.0. The Labute approximate surface area is 156 Å². The van der Waals surface area contributed by atoms with Gasteiger partial charge in [0.15, 0.2) is 5.96 Å². The number of aromatic nitrogens is 2. The van der Waals surface area contributed by atoms with Crippen molar-refractivity contribution in [3.05, 3.63) is 52.5 Å². The van der Waals surface area contributed by atoms with Crippen LogP contribution >= 0.6 is 47.2 Å². The maximum atomic E-state index is 6.16. The van der Waals surface area contributed by atoms with Crippen LogP contribution in [0.1, 0.15) is 18.5 Å². The predicted octanol–water partition coefficient (Wildman–Crippen LogP) is 3.47. The summed E-state index contributed by atoms with van der Waals surface area (Å²) in [5.74, 6) is 0.383. The third-order valence-corrected chi connectivity index (χ3v) is 3.56. The maximum Gasteiger partial charge on any atom is 0.189 e. The Morgan fingerprint density at radius 2 is 2.23 bits per heavy atom. The van der Waals surface area contributed by atoms with Crippen LogP contribution < -0.4 is 11.1 Å². The van der Waals surface area contributed by atoms with Gasteiger partial charge in [0.25, 0.3) is 0 Å². The van der Waals surface area contributed by atoms with E-state index >= 15 is 0 Å². The van der Waals surface area contributed by atoms with Crippen LogP contribution in [0.2, 0.25) is 10.0 Å². The number of nitrogens with one attached hydrogen (secondary N) is 1. The summed E-state index contributed by atoms with van der Waals surface area (Å²) in [5.41, 5.74) is 6.80. The van der Waals surface area contributed by atoms with Crippen LogP contribution in [-0.2, 0) is 6.54 Å². The Bertz CT molecular complexity index is 616. The van der Waals surface area contributed by atoms with Gasteiger partial charge in [-0.05, 0) is 24.6 Å². The molecule has 120 valence electrons. The zero-order valence-electron chi connectivity index (χ0n) is 12.0. The molecule has 0 saturated carbocycles. The highest BCUT2D eigenvalue weighted by Gasteiger charge is 2.10. The van der Waals surface area contributed by atoms with Crippen LogP contribution in [0.4, 0.5) is 0 Å². The van der Waals surface area contributed by atoms with E-state index in [4.69, 9.17) is 28.9 Å². The zero-order chi connectivity index (χ0) is 15.2. The van der Waals surface area contributed by atoms with Crippen LogP contribution in [0.5, 0.6) is 0 Å². The van der Waals surface area contributed by atoms with Crippen molar-refractivity contribution in [2.45, 2.75) is 19.5 Å². The fourth-order valence-corrected chi connectivity index (χ4v) is 2.47. The number of imidazole rings is 1. The van der Waals surface area contributed by atoms with Crippen molar-refractivity contribution in [3.63, 3.8) is 0 Å². The Balaban J connectivity index is 0.00000242. The van der Waals surface area contributed by atoms with Gasteiger partial charge in [-0.1, -0.05) is 29.3 Å². The van der Waals surface area contributed by atoms with Gasteiger partial charge in [0.1, 0.15) is 0 Å². The first kappa shape index (κ1) is 19.1. The molecule has 2 aromatic rings. The van der Waals surface area contributed by atoms with E-state index in [0.717, 1.165) is 12.1 Å². The van der Waals surface area contributed by atoms with Crippen molar-refractivity contribution < 1.29 is 0 Å². The molecule has 0 aliphatic heterocycles. The van der Waals surface area contributed by atoms with Crippen molar-refractivity contribution >= 4 is 53.1 Å². The third kappa shape index (κ3) is 5.66. The Kier molecular flexibility index (Phi) is 7.98. The van der Waals surface area contributed by atoms with Crippen molar-refractivity contribution in [1.29, 1.82) is 0 Å². The lowest BCUT2D eigenvalue weighted by Crippen LogP contribution is -2.34. The second kappa shape index (κ2) is 9.22. The summed E-state index contributed by atoms with van der Waals surface area (Å²) < 4.78 is 1.94. The molecule has 0 saturated heterocycles. The van der Waals surface area contributed by atoms with Crippen molar-refractivity contribution in [2.75, 3.05) is 6.54 Å². The molecule has 1 atom stereocenters. The molecule has 0 aliphatic carbocycles. The number of rotatable bonds is 5. The minimum Gasteiger partial charge on any atom is -0.370 e. The largest absolute Gasteiger partial charge is 0.370 e. The second-order valence-electron chi connectivity index (χ2n) is 4.60. The number of hydrogen-bond donors (Lipinski definition) is 2. The lowest BCUT2D eigenvalue weighted by Gasteiger charge is -2.16. The number of halogens is 3. The van der Waals surface area contributed by atoms with Crippen LogP contribution in [0, 0.1) is 0 Å². The molecule has 3 N–H and O–H groups in total. The molecule has 1 aromatic heterocycles. The van der Waals surface area contributed by atoms with Gasteiger partial charge in [0.2, 0.25) is 0 Å². The summed E-state index contributed by atoms with van der Waals surface area (Å²) in [6.45, 7) is 3.28. The molecule has 1 unspecified atom stereocenters. The number of benzene rings is 1. The van der Waals surface area contributed by atoms with E-state index in [9.17, 15) is 0 Å². The summed E-state index contributed by atoms with van der Waals surface area (Å²) in [7, 11) is 0. The van der Waals surface area contributed by atoms with Gasteiger partial charge in [-0.3, -0.25) is 4.99 Å². The number of guanidine groups is 1. The second-order valence-corrected chi connectivity index (χ2v) is 5.44. The predicted molar refractivity (Wildman–Crippen MR) is 102 cm³/mol. The highest BCUT2D eigenvalue weighted by Crippen LogP contribution is 2.25. The number of aliphatic imine (C=N–C) groups is 1. The van der Waals surface area contributed by atoms with Gasteiger partial charge in [-0.2, -0.15) is 0 Å². The summed E-state index contributed by atoms with van der Waals surface area (Å²) in [6.07, 6.45) is 5.36. The Hall–Kier alpha value is -0.990. The molecule has 2 rings (SSSR count). The molecule has 5 nitrogen and oxygen atoms in total. The standard InChI is InChI=1S/C14H17Cl2N5.HI/c1-10(12-3-2-11(15)8-13(12)16)20-14(17)19-5-7-21-6-4-18-9-21;/h2-4,6,8-10H,5,7H2,1H3,(H3,17,19,20);1H. The summed E-state index contributed by atoms with van der Waals surface area (Å²) in [6, 6.07) is 5.34. The van der Waals surface area contributed by atoms with Gasteiger partial charge in [-0.15, -0.1) is 24.0 Å². The first-order valence-electron chi connectivity index (χ1n) is 6.53. The molecule has 22 heavy (non-hydrogen) atoms. The van der Waals surface area contributed by atoms with Crippen molar-refractivity contribution in [3.8, 4) is 0 Å². The summed E-state index contributed by atoms with van der Waals surface area (Å²) in [5, 5.41) is 4.33. The van der Waals surface area contributed by atoms with Gasteiger partial charge in [-0.25, -0.2) is 4.98 Å². The lowest BCUT2D eigenvalue weighted by molar-refractivity contribution is 0.684. The van der Waals surface area contributed by atoms with Gasteiger partial charge in [0, 0.05) is 29.0 Å². The van der Waals surface area contributed by atoms with Crippen LogP contribution in [0.3, 0.4) is 0 Å². The fourth-order valence-electron chi connectivity index (χ4n) is 1.90. The molecular weight excluding hydrogens is 436 g/mol. The van der Waals surface area contributed by atoms with E-state index in [2.05, 4.69) is 15.3 Å². The van der Waals surface area contributed by atoms with E-state index < -0.39 is 0 Å². The minimum atomic E-state index is -0.0493. The SMILES string of the molecule is CC(NC(N)=NCCn1ccnc1)c1ccc(Cl)cc1Cl.I. The summed E-state index contributed by atoms with van der Waals surface area (Å²) >= 11 is 12.0. The lowest BCUT2D eigenvalue weighted by atomic mass is 10.1. The van der Waals surface area contributed by atoms with Gasteiger partial charge < -0.3 is 15.6 Å². The average Bonchev–Trinajstić information content (AvgIpc) is 2.91. The normalized spacial score (nSPS) is 12.6. The fraction of sp³-hybridized carbons (Fsp3) is 0.286. The van der Waals surface area contributed by atoms with Crippen LogP contribution in [0.25, 0.3) is 0 Å². The summed E-state index contributed by atoms with van der Waals surface area (Å²) in [4.78, 5) is 8.24. The Morgan fingerprint density at radius 1 is 1.45 bits per heavy atom. The van der Waals surface area contributed by atoms with Crippen molar-refractivity contribution in [2.24, 2.45) is 10.7 Å². The number of nitrogens with two attached hydrogens (primary N) is 1. The first-order valence-corrected chi connectivity index (χ1v) is 7.29. The quantitative estimate of drug-likeness (QED) is 0.413. The van der Waals surface area contributed by atoms with E-state index in [-0.39, 0.29) is 30.0 Å². The van der Waals surface area contributed by atoms with E-state index in [1.807, 2.05) is 23.8 Å². The molecule has 0 fully saturated rings. The van der Waals surface area contributed by atoms with E-state index in [1.165, 1.54) is 0 Å². The van der Waals surface area contributed by atoms with Crippen LogP contribution in [-0.4, -0.2) is 22.1 Å². The number of hydrogen-bond acceptors (Lipinski definition) is 2. The smallest absolute Gasteiger partial charge is 0.189 e. The Morgan fingerprint density at radius 3 is 2.86 bits per heavy atom. The average molecular weight is 454 g/mol. The molecule has 0 aliphatic rings. The monoisotopic (exact) mass is 453 g/mol. The minimum absolute atomic E-state index is 0. The van der Waals surface area contributed by atoms with Crippen LogP contribution in [0.15, 0.2) is 41.9 Å². The molecule has 1 heterocycles. The van der Waals surface area contributed by atoms with E-state index in [0.29, 0.717) is 22.5 Å². The van der Waals surface area contributed by atoms with E-state index in [1.54, 1.807) is 24.7 Å². The molecule has 0 spiro atoms. The van der Waals surface area contributed by atoms with Gasteiger partial charge in [0.05, 0.1) is 18.9 Å². The molecule has 8 heteroatoms. The molecule has 1 aromatic carbocycles. The molecular formula is C14H18Cl2IN5. The highest BCUT2D eigenvalue weighted by atomic mass is 127. The molecule has 0 bridgehead atoms. The van der Waals surface area contributed by atoms with Gasteiger partial charge >= 0.3 is 0 Å². The molecule has 0 radical (unpaired) electrons. The number of nitrogens with zero attached hydrogens (tertiary/aromatic N) is 3.